The number of aryl methyl sites for hydroxylation is 1. The van der Waals surface area contributed by atoms with Gasteiger partial charge in [0, 0.05) is 0 Å². The lowest BCUT2D eigenvalue weighted by Gasteiger charge is -1.94. The summed E-state index contributed by atoms with van der Waals surface area (Å²) in [5.74, 6) is 0. The van der Waals surface area contributed by atoms with Gasteiger partial charge in [-0.25, -0.2) is 0 Å². The van der Waals surface area contributed by atoms with E-state index in [4.69, 9.17) is 0 Å². The SMILES string of the molecule is CCCCc1ccsc1Br. The summed E-state index contributed by atoms with van der Waals surface area (Å²) in [5.41, 5.74) is 1.46. The second kappa shape index (κ2) is 4.14. The lowest BCUT2D eigenvalue weighted by molar-refractivity contribution is 0.795. The van der Waals surface area contributed by atoms with Crippen LogP contribution in [-0.2, 0) is 6.42 Å². The minimum Gasteiger partial charge on any atom is -0.137 e. The van der Waals surface area contributed by atoms with Crippen molar-refractivity contribution < 1.29 is 0 Å². The molecule has 2 heteroatoms. The second-order valence-electron chi connectivity index (χ2n) is 2.32. The zero-order valence-electron chi connectivity index (χ0n) is 6.06. The highest BCUT2D eigenvalue weighted by molar-refractivity contribution is 9.11. The summed E-state index contributed by atoms with van der Waals surface area (Å²) < 4.78 is 1.31. The van der Waals surface area contributed by atoms with Crippen molar-refractivity contribution in [3.8, 4) is 0 Å². The standard InChI is InChI=1S/C8H11BrS/c1-2-3-4-7-5-6-10-8(7)9/h5-6H,2-4H2,1H3. The Bertz CT molecular complexity index is 193. The van der Waals surface area contributed by atoms with Gasteiger partial charge < -0.3 is 0 Å². The Kier molecular flexibility index (Phi) is 3.43. The van der Waals surface area contributed by atoms with Crippen molar-refractivity contribution in [2.45, 2.75) is 26.2 Å². The van der Waals surface area contributed by atoms with Gasteiger partial charge in [-0.3, -0.25) is 0 Å². The average Bonchev–Trinajstić information content (AvgIpc) is 2.31. The molecule has 0 spiro atoms. The lowest BCUT2D eigenvalue weighted by Crippen LogP contribution is -1.79. The second-order valence-corrected chi connectivity index (χ2v) is 4.56. The monoisotopic (exact) mass is 218 g/mol. The van der Waals surface area contributed by atoms with E-state index in [9.17, 15) is 0 Å². The van der Waals surface area contributed by atoms with E-state index in [1.54, 1.807) is 11.3 Å². The van der Waals surface area contributed by atoms with E-state index in [2.05, 4.69) is 34.3 Å². The smallest absolute Gasteiger partial charge is 0.0730 e. The van der Waals surface area contributed by atoms with E-state index in [-0.39, 0.29) is 0 Å². The molecule has 0 atom stereocenters. The van der Waals surface area contributed by atoms with Crippen molar-refractivity contribution in [1.29, 1.82) is 0 Å². The van der Waals surface area contributed by atoms with Crippen molar-refractivity contribution >= 4 is 27.3 Å². The van der Waals surface area contributed by atoms with Gasteiger partial charge in [0.2, 0.25) is 0 Å². The Labute approximate surface area is 74.4 Å². The van der Waals surface area contributed by atoms with Crippen LogP contribution in [0, 0.1) is 0 Å². The number of hydrogen-bond acceptors (Lipinski definition) is 1. The number of unbranched alkanes of at least 4 members (excludes halogenated alkanes) is 1. The molecule has 56 valence electrons. The van der Waals surface area contributed by atoms with Crippen molar-refractivity contribution in [3.63, 3.8) is 0 Å². The van der Waals surface area contributed by atoms with Crippen molar-refractivity contribution in [3.05, 3.63) is 20.8 Å². The maximum atomic E-state index is 3.51. The Morgan fingerprint density at radius 1 is 1.60 bits per heavy atom. The molecule has 0 saturated carbocycles. The molecule has 10 heavy (non-hydrogen) atoms. The Morgan fingerprint density at radius 3 is 2.90 bits per heavy atom. The molecule has 1 rings (SSSR count). The fourth-order valence-corrected chi connectivity index (χ4v) is 2.19. The van der Waals surface area contributed by atoms with Gasteiger partial charge in [-0.1, -0.05) is 13.3 Å². The molecule has 0 aromatic carbocycles. The number of rotatable bonds is 3. The highest BCUT2D eigenvalue weighted by atomic mass is 79.9. The highest BCUT2D eigenvalue weighted by Crippen LogP contribution is 2.24. The van der Waals surface area contributed by atoms with Gasteiger partial charge in [0.15, 0.2) is 0 Å². The van der Waals surface area contributed by atoms with Crippen LogP contribution in [-0.4, -0.2) is 0 Å². The Hall–Kier alpha value is 0.180. The van der Waals surface area contributed by atoms with Crippen LogP contribution >= 0.6 is 27.3 Å². The maximum absolute atomic E-state index is 3.51. The third-order valence-electron chi connectivity index (χ3n) is 1.49. The predicted octanol–water partition coefficient (Wildman–Crippen LogP) is 3.85. The molecule has 1 heterocycles. The van der Waals surface area contributed by atoms with E-state index in [0.717, 1.165) is 0 Å². The minimum atomic E-state index is 1.22. The Morgan fingerprint density at radius 2 is 2.40 bits per heavy atom. The molecule has 1 aromatic heterocycles. The average molecular weight is 219 g/mol. The minimum absolute atomic E-state index is 1.22. The van der Waals surface area contributed by atoms with Gasteiger partial charge in [-0.2, -0.15) is 0 Å². The normalized spacial score (nSPS) is 10.2. The number of thiophene rings is 1. The molecule has 0 aliphatic rings. The number of hydrogen-bond donors (Lipinski definition) is 0. The lowest BCUT2D eigenvalue weighted by atomic mass is 10.2. The molecule has 0 aliphatic heterocycles. The third-order valence-corrected chi connectivity index (χ3v) is 3.30. The summed E-state index contributed by atoms with van der Waals surface area (Å²) in [7, 11) is 0. The third kappa shape index (κ3) is 2.10. The highest BCUT2D eigenvalue weighted by Gasteiger charge is 1.98. The molecule has 1 aromatic rings. The fourth-order valence-electron chi connectivity index (χ4n) is 0.866. The van der Waals surface area contributed by atoms with Gasteiger partial charge in [0.1, 0.15) is 0 Å². The van der Waals surface area contributed by atoms with Crippen LogP contribution in [0.4, 0.5) is 0 Å². The van der Waals surface area contributed by atoms with Gasteiger partial charge in [-0.15, -0.1) is 11.3 Å². The molecule has 0 unspecified atom stereocenters. The summed E-state index contributed by atoms with van der Waals surface area (Å²) in [4.78, 5) is 0. The fraction of sp³-hybridized carbons (Fsp3) is 0.500. The zero-order valence-corrected chi connectivity index (χ0v) is 8.46. The first-order chi connectivity index (χ1) is 4.84. The predicted molar refractivity (Wildman–Crippen MR) is 50.6 cm³/mol. The first-order valence-corrected chi connectivity index (χ1v) is 5.23. The molecule has 0 radical (unpaired) electrons. The van der Waals surface area contributed by atoms with Crippen LogP contribution < -0.4 is 0 Å². The van der Waals surface area contributed by atoms with Crippen molar-refractivity contribution in [2.75, 3.05) is 0 Å². The van der Waals surface area contributed by atoms with Crippen molar-refractivity contribution in [2.24, 2.45) is 0 Å². The molecule has 0 saturated heterocycles. The molecule has 0 fully saturated rings. The van der Waals surface area contributed by atoms with E-state index in [0.29, 0.717) is 0 Å². The summed E-state index contributed by atoms with van der Waals surface area (Å²) >= 11 is 5.29. The van der Waals surface area contributed by atoms with Crippen LogP contribution in [0.1, 0.15) is 25.3 Å². The van der Waals surface area contributed by atoms with Gasteiger partial charge in [0.05, 0.1) is 3.79 Å². The van der Waals surface area contributed by atoms with Gasteiger partial charge >= 0.3 is 0 Å². The molecular weight excluding hydrogens is 208 g/mol. The molecule has 0 bridgehead atoms. The van der Waals surface area contributed by atoms with Crippen LogP contribution in [0.2, 0.25) is 0 Å². The molecule has 0 nitrogen and oxygen atoms in total. The largest absolute Gasteiger partial charge is 0.137 e. The van der Waals surface area contributed by atoms with Gasteiger partial charge in [0.25, 0.3) is 0 Å². The van der Waals surface area contributed by atoms with Crippen molar-refractivity contribution in [1.82, 2.24) is 0 Å². The van der Waals surface area contributed by atoms with Gasteiger partial charge in [-0.05, 0) is 45.8 Å². The van der Waals surface area contributed by atoms with E-state index < -0.39 is 0 Å². The molecule has 0 amide bonds. The van der Waals surface area contributed by atoms with Crippen LogP contribution in [0.15, 0.2) is 15.2 Å². The number of halogens is 1. The topological polar surface area (TPSA) is 0 Å². The quantitative estimate of drug-likeness (QED) is 0.724. The Balaban J connectivity index is 2.49. The maximum Gasteiger partial charge on any atom is 0.0730 e. The van der Waals surface area contributed by atoms with E-state index >= 15 is 0 Å². The summed E-state index contributed by atoms with van der Waals surface area (Å²) in [6, 6.07) is 2.20. The molecule has 0 N–H and O–H groups in total. The van der Waals surface area contributed by atoms with E-state index in [1.807, 2.05) is 0 Å². The first-order valence-electron chi connectivity index (χ1n) is 3.56. The first kappa shape index (κ1) is 8.28. The summed E-state index contributed by atoms with van der Waals surface area (Å²) in [6.07, 6.45) is 3.80. The summed E-state index contributed by atoms with van der Waals surface area (Å²) in [6.45, 7) is 2.22. The van der Waals surface area contributed by atoms with Crippen LogP contribution in [0.5, 0.6) is 0 Å². The molecule has 0 aliphatic carbocycles. The summed E-state index contributed by atoms with van der Waals surface area (Å²) in [5, 5.41) is 2.13. The zero-order chi connectivity index (χ0) is 7.40. The van der Waals surface area contributed by atoms with Crippen LogP contribution in [0.25, 0.3) is 0 Å². The van der Waals surface area contributed by atoms with E-state index in [1.165, 1.54) is 28.6 Å². The van der Waals surface area contributed by atoms with Crippen LogP contribution in [0.3, 0.4) is 0 Å². The molecular formula is C8H11BrS.